The van der Waals surface area contributed by atoms with Crippen LogP contribution in [0.3, 0.4) is 0 Å². The Morgan fingerprint density at radius 3 is 2.69 bits per heavy atom. The molecular formula is C12H17BrN2O. The first-order chi connectivity index (χ1) is 7.65. The van der Waals surface area contributed by atoms with Crippen molar-refractivity contribution in [3.63, 3.8) is 0 Å². The van der Waals surface area contributed by atoms with E-state index in [9.17, 15) is 0 Å². The Hall–Kier alpha value is -0.610. The van der Waals surface area contributed by atoms with Crippen LogP contribution >= 0.6 is 15.9 Å². The third kappa shape index (κ3) is 2.23. The van der Waals surface area contributed by atoms with E-state index in [1.54, 1.807) is 13.3 Å². The maximum Gasteiger partial charge on any atom is 0.218 e. The number of hydrogen-bond donors (Lipinski definition) is 1. The number of hydrogen-bond acceptors (Lipinski definition) is 3. The lowest BCUT2D eigenvalue weighted by atomic mass is 9.78. The van der Waals surface area contributed by atoms with Gasteiger partial charge in [0.05, 0.1) is 7.11 Å². The standard InChI is InChI=1S/C12H17BrN2O/c1-16-11-10(7-9(13)8-15-11)12(14)5-3-2-4-6-12/h7-8H,2-6,14H2,1H3. The predicted molar refractivity (Wildman–Crippen MR) is 67.4 cm³/mol. The maximum atomic E-state index is 6.48. The van der Waals surface area contributed by atoms with Crippen molar-refractivity contribution in [3.05, 3.63) is 22.3 Å². The largest absolute Gasteiger partial charge is 0.481 e. The fourth-order valence-corrected chi connectivity index (χ4v) is 2.73. The first-order valence-electron chi connectivity index (χ1n) is 5.64. The van der Waals surface area contributed by atoms with Crippen LogP contribution in [0.4, 0.5) is 0 Å². The van der Waals surface area contributed by atoms with Gasteiger partial charge in [0.25, 0.3) is 0 Å². The second kappa shape index (κ2) is 4.72. The zero-order valence-corrected chi connectivity index (χ0v) is 11.1. The van der Waals surface area contributed by atoms with E-state index in [0.717, 1.165) is 22.9 Å². The molecule has 0 bridgehead atoms. The van der Waals surface area contributed by atoms with E-state index in [0.29, 0.717) is 5.88 Å². The number of nitrogens with zero attached hydrogens (tertiary/aromatic N) is 1. The molecule has 2 rings (SSSR count). The number of rotatable bonds is 2. The van der Waals surface area contributed by atoms with Gasteiger partial charge >= 0.3 is 0 Å². The molecule has 1 heterocycles. The summed E-state index contributed by atoms with van der Waals surface area (Å²) >= 11 is 3.44. The average Bonchev–Trinajstić information content (AvgIpc) is 2.30. The Labute approximate surface area is 105 Å². The van der Waals surface area contributed by atoms with Crippen LogP contribution in [0.25, 0.3) is 0 Å². The molecule has 0 unspecified atom stereocenters. The lowest BCUT2D eigenvalue weighted by Crippen LogP contribution is -2.39. The van der Waals surface area contributed by atoms with Crippen LogP contribution in [0.5, 0.6) is 5.88 Å². The van der Waals surface area contributed by atoms with E-state index < -0.39 is 0 Å². The number of ether oxygens (including phenoxy) is 1. The zero-order chi connectivity index (χ0) is 11.6. The molecule has 2 N–H and O–H groups in total. The summed E-state index contributed by atoms with van der Waals surface area (Å²) in [6, 6.07) is 2.04. The number of nitrogens with two attached hydrogens (primary N) is 1. The van der Waals surface area contributed by atoms with Gasteiger partial charge in [-0.2, -0.15) is 0 Å². The molecule has 1 aromatic heterocycles. The fraction of sp³-hybridized carbons (Fsp3) is 0.583. The van der Waals surface area contributed by atoms with Crippen LogP contribution in [-0.2, 0) is 5.54 Å². The molecule has 0 aliphatic heterocycles. The van der Waals surface area contributed by atoms with Crippen molar-refractivity contribution in [2.75, 3.05) is 7.11 Å². The molecule has 88 valence electrons. The SMILES string of the molecule is COc1ncc(Br)cc1C1(N)CCCCC1. The van der Waals surface area contributed by atoms with Crippen molar-refractivity contribution >= 4 is 15.9 Å². The number of pyridine rings is 1. The third-order valence-electron chi connectivity index (χ3n) is 3.29. The normalized spacial score (nSPS) is 19.4. The van der Waals surface area contributed by atoms with Gasteiger partial charge in [0, 0.05) is 21.8 Å². The van der Waals surface area contributed by atoms with E-state index in [1.807, 2.05) is 6.07 Å². The highest BCUT2D eigenvalue weighted by Crippen LogP contribution is 2.39. The van der Waals surface area contributed by atoms with Gasteiger partial charge in [-0.15, -0.1) is 0 Å². The Balaban J connectivity index is 2.40. The minimum atomic E-state index is -0.264. The molecule has 0 amide bonds. The molecule has 1 saturated carbocycles. The maximum absolute atomic E-state index is 6.48. The molecule has 0 saturated heterocycles. The summed E-state index contributed by atoms with van der Waals surface area (Å²) in [5.74, 6) is 0.660. The summed E-state index contributed by atoms with van der Waals surface area (Å²) in [5, 5.41) is 0. The van der Waals surface area contributed by atoms with E-state index in [-0.39, 0.29) is 5.54 Å². The van der Waals surface area contributed by atoms with Crippen molar-refractivity contribution in [1.82, 2.24) is 4.98 Å². The summed E-state index contributed by atoms with van der Waals surface area (Å²) in [6.45, 7) is 0. The van der Waals surface area contributed by atoms with Crippen LogP contribution in [0, 0.1) is 0 Å². The molecule has 1 aliphatic carbocycles. The molecule has 3 nitrogen and oxygen atoms in total. The second-order valence-corrected chi connectivity index (χ2v) is 5.34. The summed E-state index contributed by atoms with van der Waals surface area (Å²) < 4.78 is 6.26. The lowest BCUT2D eigenvalue weighted by Gasteiger charge is -2.34. The summed E-state index contributed by atoms with van der Waals surface area (Å²) in [6.07, 6.45) is 7.43. The van der Waals surface area contributed by atoms with Crippen molar-refractivity contribution in [3.8, 4) is 5.88 Å². The molecule has 0 aromatic carbocycles. The minimum absolute atomic E-state index is 0.264. The van der Waals surface area contributed by atoms with Gasteiger partial charge in [-0.25, -0.2) is 4.98 Å². The van der Waals surface area contributed by atoms with Crippen LogP contribution in [0.1, 0.15) is 37.7 Å². The molecule has 1 aromatic rings. The number of methoxy groups -OCH3 is 1. The molecule has 4 heteroatoms. The van der Waals surface area contributed by atoms with Crippen LogP contribution < -0.4 is 10.5 Å². The first-order valence-corrected chi connectivity index (χ1v) is 6.44. The minimum Gasteiger partial charge on any atom is -0.481 e. The molecule has 0 atom stereocenters. The van der Waals surface area contributed by atoms with Gasteiger partial charge < -0.3 is 10.5 Å². The topological polar surface area (TPSA) is 48.1 Å². The molecule has 0 radical (unpaired) electrons. The Morgan fingerprint density at radius 1 is 1.38 bits per heavy atom. The highest BCUT2D eigenvalue weighted by molar-refractivity contribution is 9.10. The summed E-state index contributed by atoms with van der Waals surface area (Å²) in [4.78, 5) is 4.27. The quantitative estimate of drug-likeness (QED) is 0.908. The highest BCUT2D eigenvalue weighted by atomic mass is 79.9. The van der Waals surface area contributed by atoms with Crippen molar-refractivity contribution in [2.24, 2.45) is 5.73 Å². The van der Waals surface area contributed by atoms with Crippen molar-refractivity contribution in [2.45, 2.75) is 37.6 Å². The highest BCUT2D eigenvalue weighted by Gasteiger charge is 2.32. The molecule has 1 aliphatic rings. The van der Waals surface area contributed by atoms with Gasteiger partial charge in [0.1, 0.15) is 0 Å². The molecule has 16 heavy (non-hydrogen) atoms. The van der Waals surface area contributed by atoms with Crippen LogP contribution in [-0.4, -0.2) is 12.1 Å². The van der Waals surface area contributed by atoms with E-state index >= 15 is 0 Å². The van der Waals surface area contributed by atoms with E-state index in [2.05, 4.69) is 20.9 Å². The Morgan fingerprint density at radius 2 is 2.06 bits per heavy atom. The van der Waals surface area contributed by atoms with Gasteiger partial charge in [0.2, 0.25) is 5.88 Å². The molecule has 1 fully saturated rings. The lowest BCUT2D eigenvalue weighted by molar-refractivity contribution is 0.285. The smallest absolute Gasteiger partial charge is 0.218 e. The van der Waals surface area contributed by atoms with E-state index in [1.165, 1.54) is 19.3 Å². The summed E-state index contributed by atoms with van der Waals surface area (Å²) in [7, 11) is 1.64. The molecular weight excluding hydrogens is 268 g/mol. The zero-order valence-electron chi connectivity index (χ0n) is 9.50. The first kappa shape index (κ1) is 11.9. The second-order valence-electron chi connectivity index (χ2n) is 4.43. The monoisotopic (exact) mass is 284 g/mol. The third-order valence-corrected chi connectivity index (χ3v) is 3.73. The van der Waals surface area contributed by atoms with Gasteiger partial charge in [-0.05, 0) is 34.8 Å². The van der Waals surface area contributed by atoms with Crippen molar-refractivity contribution in [1.29, 1.82) is 0 Å². The Bertz CT molecular complexity index is 375. The number of aromatic nitrogens is 1. The van der Waals surface area contributed by atoms with Gasteiger partial charge in [-0.3, -0.25) is 0 Å². The average molecular weight is 285 g/mol. The predicted octanol–water partition coefficient (Wildman–Crippen LogP) is 2.97. The molecule has 0 spiro atoms. The van der Waals surface area contributed by atoms with Crippen LogP contribution in [0.2, 0.25) is 0 Å². The van der Waals surface area contributed by atoms with Crippen LogP contribution in [0.15, 0.2) is 16.7 Å². The van der Waals surface area contributed by atoms with Gasteiger partial charge in [-0.1, -0.05) is 19.3 Å². The van der Waals surface area contributed by atoms with Crippen molar-refractivity contribution < 1.29 is 4.74 Å². The number of halogens is 1. The summed E-state index contributed by atoms with van der Waals surface area (Å²) in [5.41, 5.74) is 7.25. The Kier molecular flexibility index (Phi) is 3.50. The van der Waals surface area contributed by atoms with Gasteiger partial charge in [0.15, 0.2) is 0 Å². The van der Waals surface area contributed by atoms with E-state index in [4.69, 9.17) is 10.5 Å². The fourth-order valence-electron chi connectivity index (χ4n) is 2.40.